The van der Waals surface area contributed by atoms with E-state index in [0.29, 0.717) is 18.5 Å². The van der Waals surface area contributed by atoms with E-state index in [-0.39, 0.29) is 0 Å². The summed E-state index contributed by atoms with van der Waals surface area (Å²) in [6.07, 6.45) is 11.1. The lowest BCUT2D eigenvalue weighted by molar-refractivity contribution is 0.0836. The first-order chi connectivity index (χ1) is 16.2. The van der Waals surface area contributed by atoms with Crippen LogP contribution < -0.4 is 10.2 Å². The number of fused-ring (bicyclic) bond motifs is 3. The quantitative estimate of drug-likeness (QED) is 0.507. The third-order valence-electron chi connectivity index (χ3n) is 6.19. The molecule has 0 saturated carbocycles. The molecule has 11 nitrogen and oxygen atoms in total. The molecular formula is C22H24N10O. The summed E-state index contributed by atoms with van der Waals surface area (Å²) in [4.78, 5) is 16.4. The van der Waals surface area contributed by atoms with Crippen molar-refractivity contribution in [2.24, 2.45) is 7.05 Å². The molecule has 6 heterocycles. The van der Waals surface area contributed by atoms with Crippen LogP contribution in [0.1, 0.15) is 24.2 Å². The van der Waals surface area contributed by atoms with Crippen molar-refractivity contribution in [2.45, 2.75) is 32.4 Å². The van der Waals surface area contributed by atoms with E-state index >= 15 is 0 Å². The van der Waals surface area contributed by atoms with Gasteiger partial charge in [-0.1, -0.05) is 0 Å². The lowest BCUT2D eigenvalue weighted by atomic mass is 10.1. The molecule has 0 atom stereocenters. The van der Waals surface area contributed by atoms with Crippen LogP contribution in [0.2, 0.25) is 0 Å². The number of pyridine rings is 1. The molecule has 0 aliphatic carbocycles. The number of aromatic nitrogens is 8. The van der Waals surface area contributed by atoms with Gasteiger partial charge in [0.1, 0.15) is 12.0 Å². The molecule has 2 aliphatic heterocycles. The summed E-state index contributed by atoms with van der Waals surface area (Å²) in [5.41, 5.74) is 4.60. The Morgan fingerprint density at radius 3 is 2.82 bits per heavy atom. The monoisotopic (exact) mass is 444 g/mol. The lowest BCUT2D eigenvalue weighted by Gasteiger charge is -2.38. The van der Waals surface area contributed by atoms with Gasteiger partial charge < -0.3 is 15.0 Å². The van der Waals surface area contributed by atoms with E-state index in [2.05, 4.69) is 35.5 Å². The fraction of sp³-hybridized carbons (Fsp3) is 0.364. The highest BCUT2D eigenvalue weighted by molar-refractivity contribution is 5.69. The maximum atomic E-state index is 5.58. The first kappa shape index (κ1) is 19.8. The predicted molar refractivity (Wildman–Crippen MR) is 121 cm³/mol. The summed E-state index contributed by atoms with van der Waals surface area (Å²) < 4.78 is 9.31. The molecule has 1 N–H and O–H groups in total. The van der Waals surface area contributed by atoms with Crippen molar-refractivity contribution >= 4 is 17.5 Å². The zero-order valence-electron chi connectivity index (χ0n) is 18.5. The van der Waals surface area contributed by atoms with Crippen LogP contribution in [-0.4, -0.2) is 58.8 Å². The molecule has 0 bridgehead atoms. The highest BCUT2D eigenvalue weighted by Gasteiger charge is 2.31. The minimum absolute atomic E-state index is 0.338. The van der Waals surface area contributed by atoms with Crippen molar-refractivity contribution < 1.29 is 4.74 Å². The van der Waals surface area contributed by atoms with Gasteiger partial charge in [-0.2, -0.15) is 10.1 Å². The molecular weight excluding hydrogens is 420 g/mol. The van der Waals surface area contributed by atoms with Crippen LogP contribution in [0.15, 0.2) is 37.2 Å². The predicted octanol–water partition coefficient (Wildman–Crippen LogP) is 2.40. The normalized spacial score (nSPS) is 15.9. The topological polar surface area (TPSA) is 112 Å². The second kappa shape index (κ2) is 7.93. The first-order valence-corrected chi connectivity index (χ1v) is 11.0. The average molecular weight is 445 g/mol. The van der Waals surface area contributed by atoms with Crippen LogP contribution in [-0.2, 0) is 18.3 Å². The molecule has 1 fully saturated rings. The van der Waals surface area contributed by atoms with Gasteiger partial charge in [-0.05, 0) is 31.4 Å². The van der Waals surface area contributed by atoms with Crippen molar-refractivity contribution in [3.8, 4) is 16.9 Å². The van der Waals surface area contributed by atoms with E-state index in [1.54, 1.807) is 17.2 Å². The van der Waals surface area contributed by atoms with E-state index in [1.165, 1.54) is 0 Å². The van der Waals surface area contributed by atoms with Gasteiger partial charge in [0, 0.05) is 49.9 Å². The Morgan fingerprint density at radius 2 is 2.00 bits per heavy atom. The van der Waals surface area contributed by atoms with Crippen LogP contribution >= 0.6 is 0 Å². The maximum Gasteiger partial charge on any atom is 0.229 e. The molecule has 0 aromatic carbocycles. The fourth-order valence-electron chi connectivity index (χ4n) is 4.39. The Kier molecular flexibility index (Phi) is 4.75. The van der Waals surface area contributed by atoms with Gasteiger partial charge in [0.05, 0.1) is 24.6 Å². The van der Waals surface area contributed by atoms with Gasteiger partial charge in [-0.3, -0.25) is 14.2 Å². The van der Waals surface area contributed by atoms with Gasteiger partial charge in [0.2, 0.25) is 5.95 Å². The van der Waals surface area contributed by atoms with E-state index in [1.807, 2.05) is 43.2 Å². The summed E-state index contributed by atoms with van der Waals surface area (Å²) in [7, 11) is 1.89. The van der Waals surface area contributed by atoms with Crippen molar-refractivity contribution in [3.63, 3.8) is 0 Å². The van der Waals surface area contributed by atoms with Crippen LogP contribution in [0.4, 0.5) is 17.5 Å². The average Bonchev–Trinajstić information content (AvgIpc) is 3.49. The molecule has 11 heteroatoms. The zero-order valence-corrected chi connectivity index (χ0v) is 18.5. The van der Waals surface area contributed by atoms with Gasteiger partial charge in [0.25, 0.3) is 0 Å². The molecule has 2 aliphatic rings. The number of aryl methyl sites for hydroxylation is 2. The number of anilines is 3. The Balaban J connectivity index is 1.36. The SMILES string of the molecule is Cc1cnc(-c2cnn(C)c2)cc1Nc1ncc2c(n1)N(C1CCOCC1)Cc1nncn1-2. The second-order valence-electron chi connectivity index (χ2n) is 8.40. The molecule has 4 aromatic rings. The second-order valence-corrected chi connectivity index (χ2v) is 8.40. The van der Waals surface area contributed by atoms with Crippen LogP contribution in [0.3, 0.4) is 0 Å². The third kappa shape index (κ3) is 3.59. The Bertz CT molecular complexity index is 1310. The molecule has 168 valence electrons. The maximum absolute atomic E-state index is 5.58. The largest absolute Gasteiger partial charge is 0.381 e. The molecule has 0 radical (unpaired) electrons. The number of nitrogens with zero attached hydrogens (tertiary/aromatic N) is 9. The van der Waals surface area contributed by atoms with E-state index < -0.39 is 0 Å². The summed E-state index contributed by atoms with van der Waals surface area (Å²) in [5.74, 6) is 2.31. The van der Waals surface area contributed by atoms with Crippen LogP contribution in [0, 0.1) is 6.92 Å². The van der Waals surface area contributed by atoms with E-state index in [0.717, 1.165) is 65.9 Å². The third-order valence-corrected chi connectivity index (χ3v) is 6.19. The summed E-state index contributed by atoms with van der Waals surface area (Å²) in [5, 5.41) is 16.0. The fourth-order valence-corrected chi connectivity index (χ4v) is 4.39. The summed E-state index contributed by atoms with van der Waals surface area (Å²) in [6.45, 7) is 4.19. The number of hydrogen-bond donors (Lipinski definition) is 1. The molecule has 6 rings (SSSR count). The number of rotatable bonds is 4. The van der Waals surface area contributed by atoms with E-state index in [9.17, 15) is 0 Å². The number of hydrogen-bond acceptors (Lipinski definition) is 9. The smallest absolute Gasteiger partial charge is 0.229 e. The molecule has 33 heavy (non-hydrogen) atoms. The summed E-state index contributed by atoms with van der Waals surface area (Å²) >= 11 is 0. The van der Waals surface area contributed by atoms with Crippen LogP contribution in [0.25, 0.3) is 16.9 Å². The number of nitrogens with one attached hydrogen (secondary N) is 1. The number of ether oxygens (including phenoxy) is 1. The van der Waals surface area contributed by atoms with Gasteiger partial charge in [-0.25, -0.2) is 4.98 Å². The molecule has 0 spiro atoms. The minimum Gasteiger partial charge on any atom is -0.381 e. The van der Waals surface area contributed by atoms with Crippen molar-refractivity contribution in [3.05, 3.63) is 48.6 Å². The molecule has 0 unspecified atom stereocenters. The summed E-state index contributed by atoms with van der Waals surface area (Å²) in [6, 6.07) is 2.34. The standard InChI is InChI=1S/C22H24N10O/c1-14-8-23-18(15-9-26-30(2)11-15)7-17(14)27-22-24-10-19-21(28-22)31(16-3-5-33-6-4-16)12-20-29-25-13-32(19)20/h7-11,13,16H,3-6,12H2,1-2H3,(H,23,24,27,28). The molecule has 0 amide bonds. The Morgan fingerprint density at radius 1 is 1.12 bits per heavy atom. The minimum atomic E-state index is 0.338. The van der Waals surface area contributed by atoms with Gasteiger partial charge >= 0.3 is 0 Å². The van der Waals surface area contributed by atoms with E-state index in [4.69, 9.17) is 9.72 Å². The molecule has 4 aromatic heterocycles. The molecule has 1 saturated heterocycles. The lowest BCUT2D eigenvalue weighted by Crippen LogP contribution is -2.42. The van der Waals surface area contributed by atoms with Crippen molar-refractivity contribution in [1.82, 2.24) is 39.5 Å². The highest BCUT2D eigenvalue weighted by atomic mass is 16.5. The highest BCUT2D eigenvalue weighted by Crippen LogP contribution is 2.34. The first-order valence-electron chi connectivity index (χ1n) is 11.0. The van der Waals surface area contributed by atoms with Gasteiger partial charge in [-0.15, -0.1) is 10.2 Å². The van der Waals surface area contributed by atoms with Crippen molar-refractivity contribution in [2.75, 3.05) is 23.4 Å². The van der Waals surface area contributed by atoms with Crippen LogP contribution in [0.5, 0.6) is 0 Å². The zero-order chi connectivity index (χ0) is 22.4. The Hall–Kier alpha value is -3.86. The Labute approximate surface area is 190 Å². The van der Waals surface area contributed by atoms with Gasteiger partial charge in [0.15, 0.2) is 11.6 Å². The van der Waals surface area contributed by atoms with Crippen molar-refractivity contribution in [1.29, 1.82) is 0 Å².